The maximum Gasteiger partial charge on any atom is 0.322 e. The molecule has 0 bridgehead atoms. The van der Waals surface area contributed by atoms with Crippen LogP contribution in [0, 0.1) is 0 Å². The Morgan fingerprint density at radius 3 is 2.67 bits per heavy atom. The van der Waals surface area contributed by atoms with Gasteiger partial charge in [0.1, 0.15) is 17.2 Å². The van der Waals surface area contributed by atoms with Gasteiger partial charge in [0.15, 0.2) is 5.75 Å². The van der Waals surface area contributed by atoms with Crippen LogP contribution in [-0.2, 0) is 16.9 Å². The molecule has 1 atom stereocenters. The molecule has 0 radical (unpaired) electrons. The van der Waals surface area contributed by atoms with Crippen LogP contribution < -0.4 is 9.47 Å². The minimum absolute atomic E-state index is 0.239. The molecule has 6 nitrogen and oxygen atoms in total. The average Bonchev–Trinajstić information content (AvgIpc) is 3.12. The number of H-pyrrole nitrogens is 1. The number of imidazole rings is 1. The van der Waals surface area contributed by atoms with Gasteiger partial charge in [-0.25, -0.2) is 0 Å². The van der Waals surface area contributed by atoms with Gasteiger partial charge in [-0.2, -0.15) is 4.98 Å². The van der Waals surface area contributed by atoms with Crippen molar-refractivity contribution in [1.29, 1.82) is 0 Å². The number of aromatic nitrogens is 3. The number of methoxy groups -OCH3 is 1. The normalized spacial score (nSPS) is 12.1. The van der Waals surface area contributed by atoms with E-state index in [0.29, 0.717) is 16.6 Å². The zero-order chi connectivity index (χ0) is 18.6. The summed E-state index contributed by atoms with van der Waals surface area (Å²) in [4.78, 5) is 11.8. The molecule has 0 aliphatic rings. The van der Waals surface area contributed by atoms with Crippen molar-refractivity contribution in [3.05, 3.63) is 72.6 Å². The van der Waals surface area contributed by atoms with E-state index in [2.05, 4.69) is 15.0 Å². The van der Waals surface area contributed by atoms with Gasteiger partial charge in [0.05, 0.1) is 23.8 Å². The second-order valence-electron chi connectivity index (χ2n) is 5.81. The Hall–Kier alpha value is -3.03. The molecule has 2 aromatic carbocycles. The van der Waals surface area contributed by atoms with Crippen LogP contribution in [0.25, 0.3) is 11.0 Å². The van der Waals surface area contributed by atoms with Gasteiger partial charge in [-0.1, -0.05) is 18.2 Å². The maximum atomic E-state index is 12.7. The van der Waals surface area contributed by atoms with Crippen molar-refractivity contribution in [2.45, 2.75) is 10.9 Å². The standard InChI is InChI=1S/C20H17N3O3S/c1-25-16-7-8-18-19(12-16)23-20(22-18)27(24)13-14-11-17(9-10-21-14)26-15-5-3-2-4-6-15/h2-12H,13H2,1H3,(H,22,23). The summed E-state index contributed by atoms with van der Waals surface area (Å²) in [6, 6.07) is 18.5. The first kappa shape index (κ1) is 17.4. The molecule has 0 saturated carbocycles. The lowest BCUT2D eigenvalue weighted by Crippen LogP contribution is -2.08. The van der Waals surface area contributed by atoms with Gasteiger partial charge in [0, 0.05) is 29.5 Å². The van der Waals surface area contributed by atoms with Gasteiger partial charge in [-0.3, -0.25) is 9.97 Å². The summed E-state index contributed by atoms with van der Waals surface area (Å²) in [6.07, 6.45) is 1.65. The molecule has 0 saturated heterocycles. The number of benzene rings is 2. The number of hydrogen-bond acceptors (Lipinski definition) is 5. The Bertz CT molecular complexity index is 1050. The Morgan fingerprint density at radius 2 is 1.85 bits per heavy atom. The smallest absolute Gasteiger partial charge is 0.322 e. The first-order valence-electron chi connectivity index (χ1n) is 8.31. The second-order valence-corrected chi connectivity index (χ2v) is 7.18. The highest BCUT2D eigenvalue weighted by molar-refractivity contribution is 7.90. The molecule has 0 spiro atoms. The number of hydrogen-bond donors (Lipinski definition) is 1. The lowest BCUT2D eigenvalue weighted by atomic mass is 10.3. The van der Waals surface area contributed by atoms with Crippen molar-refractivity contribution in [2.75, 3.05) is 7.11 Å². The number of aromatic amines is 1. The van der Waals surface area contributed by atoms with Crippen molar-refractivity contribution in [1.82, 2.24) is 15.0 Å². The third-order valence-electron chi connectivity index (χ3n) is 3.93. The highest BCUT2D eigenvalue weighted by atomic mass is 32.2. The molecule has 4 rings (SSSR count). The van der Waals surface area contributed by atoms with Crippen molar-refractivity contribution in [3.63, 3.8) is 0 Å². The molecule has 0 amide bonds. The summed E-state index contributed by atoms with van der Waals surface area (Å²) in [7, 11) is 1.60. The first-order valence-corrected chi connectivity index (χ1v) is 9.63. The molecule has 0 aliphatic carbocycles. The van der Waals surface area contributed by atoms with Crippen LogP contribution in [0.4, 0.5) is 0 Å². The maximum absolute atomic E-state index is 12.7. The number of nitrogens with one attached hydrogen (secondary N) is 1. The molecule has 1 unspecified atom stereocenters. The Kier molecular flexibility index (Phi) is 4.95. The van der Waals surface area contributed by atoms with Crippen LogP contribution in [-0.4, -0.2) is 26.6 Å². The summed E-state index contributed by atoms with van der Waals surface area (Å²) >= 11 is -1.36. The molecular formula is C20H17N3O3S. The quantitative estimate of drug-likeness (QED) is 0.511. The monoisotopic (exact) mass is 379 g/mol. The van der Waals surface area contributed by atoms with Crippen LogP contribution in [0.2, 0.25) is 0 Å². The van der Waals surface area contributed by atoms with Crippen LogP contribution >= 0.6 is 0 Å². The van der Waals surface area contributed by atoms with E-state index < -0.39 is 11.2 Å². The molecule has 1 N–H and O–H groups in total. The number of para-hydroxylation sites is 1. The fraction of sp³-hybridized carbons (Fsp3) is 0.100. The molecule has 136 valence electrons. The Labute approximate surface area is 159 Å². The number of ether oxygens (including phenoxy) is 2. The van der Waals surface area contributed by atoms with E-state index in [1.165, 1.54) is 0 Å². The summed E-state index contributed by atoms with van der Waals surface area (Å²) in [5.41, 5.74) is 2.19. The highest BCUT2D eigenvalue weighted by Gasteiger charge is 2.18. The number of pyridine rings is 1. The Balaban J connectivity index is 1.51. The van der Waals surface area contributed by atoms with Gasteiger partial charge < -0.3 is 14.0 Å². The summed E-state index contributed by atoms with van der Waals surface area (Å²) in [5, 5.41) is 0.412. The largest absolute Gasteiger partial charge is 0.609 e. The van der Waals surface area contributed by atoms with Crippen LogP contribution in [0.3, 0.4) is 0 Å². The fourth-order valence-electron chi connectivity index (χ4n) is 2.63. The lowest BCUT2D eigenvalue weighted by molar-refractivity contribution is 0.415. The third kappa shape index (κ3) is 4.05. The second kappa shape index (κ2) is 7.69. The van der Waals surface area contributed by atoms with Crippen molar-refractivity contribution < 1.29 is 14.0 Å². The van der Waals surface area contributed by atoms with E-state index in [1.807, 2.05) is 48.5 Å². The molecule has 2 heterocycles. The van der Waals surface area contributed by atoms with Crippen LogP contribution in [0.5, 0.6) is 17.2 Å². The van der Waals surface area contributed by atoms with Crippen molar-refractivity contribution in [3.8, 4) is 17.2 Å². The van der Waals surface area contributed by atoms with E-state index in [0.717, 1.165) is 22.5 Å². The van der Waals surface area contributed by atoms with E-state index in [1.54, 1.807) is 25.4 Å². The van der Waals surface area contributed by atoms with Gasteiger partial charge in [0.2, 0.25) is 0 Å². The van der Waals surface area contributed by atoms with E-state index in [9.17, 15) is 4.55 Å². The number of nitrogens with zero attached hydrogens (tertiary/aromatic N) is 2. The predicted molar refractivity (Wildman–Crippen MR) is 104 cm³/mol. The van der Waals surface area contributed by atoms with Crippen molar-refractivity contribution in [2.24, 2.45) is 0 Å². The zero-order valence-corrected chi connectivity index (χ0v) is 15.4. The molecule has 0 aliphatic heterocycles. The van der Waals surface area contributed by atoms with E-state index >= 15 is 0 Å². The first-order chi connectivity index (χ1) is 13.2. The lowest BCUT2D eigenvalue weighted by Gasteiger charge is -2.09. The van der Waals surface area contributed by atoms with Gasteiger partial charge in [-0.15, -0.1) is 0 Å². The molecule has 7 heteroatoms. The summed E-state index contributed by atoms with van der Waals surface area (Å²) in [5.74, 6) is 2.35. The van der Waals surface area contributed by atoms with Gasteiger partial charge >= 0.3 is 5.16 Å². The SMILES string of the molecule is COc1ccc2nc([S+]([O-])Cc3cc(Oc4ccccc4)ccn3)[nH]c2c1. The highest BCUT2D eigenvalue weighted by Crippen LogP contribution is 2.24. The minimum atomic E-state index is -1.36. The third-order valence-corrected chi connectivity index (χ3v) is 5.11. The van der Waals surface area contributed by atoms with Crippen LogP contribution in [0.1, 0.15) is 5.69 Å². The van der Waals surface area contributed by atoms with Gasteiger partial charge in [0.25, 0.3) is 0 Å². The Morgan fingerprint density at radius 1 is 1.00 bits per heavy atom. The summed E-state index contributed by atoms with van der Waals surface area (Å²) in [6.45, 7) is 0. The number of fused-ring (bicyclic) bond motifs is 1. The van der Waals surface area contributed by atoms with E-state index in [4.69, 9.17) is 9.47 Å². The van der Waals surface area contributed by atoms with Gasteiger partial charge in [-0.05, 0) is 30.3 Å². The molecule has 27 heavy (non-hydrogen) atoms. The molecule has 4 aromatic rings. The topological polar surface area (TPSA) is 83.1 Å². The minimum Gasteiger partial charge on any atom is -0.609 e. The molecular weight excluding hydrogens is 362 g/mol. The van der Waals surface area contributed by atoms with Crippen LogP contribution in [0.15, 0.2) is 72.0 Å². The predicted octanol–water partition coefficient (Wildman–Crippen LogP) is 4.07. The molecule has 2 aromatic heterocycles. The molecule has 0 fully saturated rings. The van der Waals surface area contributed by atoms with Crippen molar-refractivity contribution >= 4 is 22.2 Å². The average molecular weight is 379 g/mol. The van der Waals surface area contributed by atoms with E-state index in [-0.39, 0.29) is 5.75 Å². The summed E-state index contributed by atoms with van der Waals surface area (Å²) < 4.78 is 23.7. The fourth-order valence-corrected chi connectivity index (χ4v) is 3.61. The number of rotatable bonds is 6. The zero-order valence-electron chi connectivity index (χ0n) is 14.6.